The van der Waals surface area contributed by atoms with Gasteiger partial charge in [-0.1, -0.05) is 0 Å². The van der Waals surface area contributed by atoms with Gasteiger partial charge in [0.15, 0.2) is 0 Å². The Balaban J connectivity index is 2.81. The lowest BCUT2D eigenvalue weighted by atomic mass is 10.1. The Morgan fingerprint density at radius 3 is 2.60 bits per heavy atom. The first-order valence-electron chi connectivity index (χ1n) is 5.53. The summed E-state index contributed by atoms with van der Waals surface area (Å²) >= 11 is 0. The lowest BCUT2D eigenvalue weighted by Crippen LogP contribution is -2.10. The Morgan fingerprint density at radius 2 is 2.05 bits per heavy atom. The minimum absolute atomic E-state index is 0.0444. The van der Waals surface area contributed by atoms with E-state index in [-0.39, 0.29) is 17.1 Å². The standard InChI is InChI=1S/C12H11N5O2S/c1-7-5-8(3-4-15-7)10-9(6-13)11(14)17-12(16-10)20(2,18)19/h3-5H,1-2H3,(H2,14,16,17). The zero-order chi connectivity index (χ0) is 14.9. The number of pyridine rings is 1. The summed E-state index contributed by atoms with van der Waals surface area (Å²) in [5.74, 6) is -0.160. The zero-order valence-corrected chi connectivity index (χ0v) is 11.6. The minimum Gasteiger partial charge on any atom is -0.382 e. The highest BCUT2D eigenvalue weighted by molar-refractivity contribution is 7.90. The molecule has 0 bridgehead atoms. The topological polar surface area (TPSA) is 123 Å². The van der Waals surface area contributed by atoms with Crippen molar-refractivity contribution < 1.29 is 8.42 Å². The molecule has 2 aromatic heterocycles. The van der Waals surface area contributed by atoms with E-state index in [1.807, 2.05) is 6.07 Å². The lowest BCUT2D eigenvalue weighted by molar-refractivity contribution is 0.593. The van der Waals surface area contributed by atoms with Crippen molar-refractivity contribution in [2.75, 3.05) is 12.0 Å². The Kier molecular flexibility index (Phi) is 3.38. The molecule has 102 valence electrons. The van der Waals surface area contributed by atoms with Crippen molar-refractivity contribution in [1.29, 1.82) is 5.26 Å². The first-order valence-corrected chi connectivity index (χ1v) is 7.42. The second-order valence-corrected chi connectivity index (χ2v) is 6.09. The van der Waals surface area contributed by atoms with E-state index in [1.54, 1.807) is 25.3 Å². The molecule has 0 saturated heterocycles. The fraction of sp³-hybridized carbons (Fsp3) is 0.167. The molecule has 2 heterocycles. The van der Waals surface area contributed by atoms with Gasteiger partial charge in [0.05, 0.1) is 5.69 Å². The number of hydrogen-bond acceptors (Lipinski definition) is 7. The van der Waals surface area contributed by atoms with E-state index in [4.69, 9.17) is 11.0 Å². The van der Waals surface area contributed by atoms with Crippen molar-refractivity contribution in [2.45, 2.75) is 12.1 Å². The maximum Gasteiger partial charge on any atom is 0.249 e. The normalized spacial score (nSPS) is 11.1. The average Bonchev–Trinajstić information content (AvgIpc) is 2.36. The molecular weight excluding hydrogens is 278 g/mol. The largest absolute Gasteiger partial charge is 0.382 e. The second kappa shape index (κ2) is 4.86. The summed E-state index contributed by atoms with van der Waals surface area (Å²) in [5, 5.41) is 8.74. The molecule has 0 unspecified atom stereocenters. The summed E-state index contributed by atoms with van der Waals surface area (Å²) in [7, 11) is -3.62. The summed E-state index contributed by atoms with van der Waals surface area (Å²) in [6.45, 7) is 1.78. The Labute approximate surface area is 116 Å². The van der Waals surface area contributed by atoms with Crippen LogP contribution in [0.3, 0.4) is 0 Å². The quantitative estimate of drug-likeness (QED) is 0.807. The van der Waals surface area contributed by atoms with Gasteiger partial charge in [-0.15, -0.1) is 0 Å². The predicted molar refractivity (Wildman–Crippen MR) is 72.2 cm³/mol. The first-order chi connectivity index (χ1) is 9.32. The highest BCUT2D eigenvalue weighted by atomic mass is 32.2. The molecule has 0 aliphatic carbocycles. The highest BCUT2D eigenvalue weighted by Gasteiger charge is 2.19. The van der Waals surface area contributed by atoms with Crippen LogP contribution in [0.15, 0.2) is 23.5 Å². The number of aromatic nitrogens is 3. The van der Waals surface area contributed by atoms with E-state index >= 15 is 0 Å². The van der Waals surface area contributed by atoms with Gasteiger partial charge in [-0.2, -0.15) is 10.2 Å². The van der Waals surface area contributed by atoms with E-state index in [0.717, 1.165) is 6.26 Å². The molecular formula is C12H11N5O2S. The van der Waals surface area contributed by atoms with E-state index in [0.29, 0.717) is 11.3 Å². The van der Waals surface area contributed by atoms with Crippen LogP contribution in [0.4, 0.5) is 5.82 Å². The summed E-state index contributed by atoms with van der Waals surface area (Å²) in [6, 6.07) is 5.21. The molecule has 2 rings (SSSR count). The van der Waals surface area contributed by atoms with Crippen LogP contribution in [0.1, 0.15) is 11.3 Å². The minimum atomic E-state index is -3.62. The molecule has 0 fully saturated rings. The van der Waals surface area contributed by atoms with Crippen molar-refractivity contribution in [3.05, 3.63) is 29.6 Å². The van der Waals surface area contributed by atoms with Crippen LogP contribution in [0.5, 0.6) is 0 Å². The summed E-state index contributed by atoms with van der Waals surface area (Å²) in [5.41, 5.74) is 7.16. The molecule has 0 spiro atoms. The fourth-order valence-electron chi connectivity index (χ4n) is 1.63. The predicted octanol–water partition coefficient (Wildman–Crippen LogP) is 0.704. The highest BCUT2D eigenvalue weighted by Crippen LogP contribution is 2.25. The molecule has 2 aromatic rings. The van der Waals surface area contributed by atoms with Gasteiger partial charge in [0, 0.05) is 23.7 Å². The third-order valence-corrected chi connectivity index (χ3v) is 3.38. The molecule has 0 atom stereocenters. The van der Waals surface area contributed by atoms with E-state index in [9.17, 15) is 8.42 Å². The number of sulfone groups is 1. The smallest absolute Gasteiger partial charge is 0.249 e. The number of aryl methyl sites for hydroxylation is 1. The van der Waals surface area contributed by atoms with Gasteiger partial charge >= 0.3 is 0 Å². The van der Waals surface area contributed by atoms with Gasteiger partial charge in [0.2, 0.25) is 15.0 Å². The van der Waals surface area contributed by atoms with Gasteiger partial charge < -0.3 is 5.73 Å². The number of anilines is 1. The van der Waals surface area contributed by atoms with Crippen LogP contribution in [0.25, 0.3) is 11.3 Å². The van der Waals surface area contributed by atoms with Crippen LogP contribution < -0.4 is 5.73 Å². The first kappa shape index (κ1) is 13.9. The molecule has 8 heteroatoms. The third-order valence-electron chi connectivity index (χ3n) is 2.53. The van der Waals surface area contributed by atoms with Gasteiger partial charge in [0.1, 0.15) is 17.5 Å². The van der Waals surface area contributed by atoms with E-state index in [1.165, 1.54) is 0 Å². The summed E-state index contributed by atoms with van der Waals surface area (Å²) in [4.78, 5) is 11.7. The van der Waals surface area contributed by atoms with Crippen molar-refractivity contribution in [2.24, 2.45) is 0 Å². The molecule has 7 nitrogen and oxygen atoms in total. The number of hydrogen-bond donors (Lipinski definition) is 1. The Morgan fingerprint density at radius 1 is 1.35 bits per heavy atom. The van der Waals surface area contributed by atoms with Crippen LogP contribution in [0.2, 0.25) is 0 Å². The third kappa shape index (κ3) is 2.57. The van der Waals surface area contributed by atoms with Gasteiger partial charge in [-0.05, 0) is 19.1 Å². The van der Waals surface area contributed by atoms with Gasteiger partial charge in [0.25, 0.3) is 0 Å². The van der Waals surface area contributed by atoms with E-state index < -0.39 is 15.0 Å². The van der Waals surface area contributed by atoms with Crippen LogP contribution in [-0.2, 0) is 9.84 Å². The van der Waals surface area contributed by atoms with Crippen LogP contribution >= 0.6 is 0 Å². The van der Waals surface area contributed by atoms with Gasteiger partial charge in [-0.3, -0.25) is 4.98 Å². The number of nitrogens with zero attached hydrogens (tertiary/aromatic N) is 4. The maximum absolute atomic E-state index is 11.6. The summed E-state index contributed by atoms with van der Waals surface area (Å²) < 4.78 is 23.1. The van der Waals surface area contributed by atoms with Gasteiger partial charge in [-0.25, -0.2) is 13.4 Å². The van der Waals surface area contributed by atoms with Crippen molar-refractivity contribution >= 4 is 15.7 Å². The summed E-state index contributed by atoms with van der Waals surface area (Å²) in [6.07, 6.45) is 2.53. The lowest BCUT2D eigenvalue weighted by Gasteiger charge is -2.08. The number of rotatable bonds is 2. The van der Waals surface area contributed by atoms with E-state index in [2.05, 4.69) is 15.0 Å². The molecule has 0 saturated carbocycles. The number of nitrogens with two attached hydrogens (primary N) is 1. The zero-order valence-electron chi connectivity index (χ0n) is 10.8. The average molecular weight is 289 g/mol. The Bertz CT molecular complexity index is 824. The van der Waals surface area contributed by atoms with Crippen molar-refractivity contribution in [3.8, 4) is 17.3 Å². The van der Waals surface area contributed by atoms with Crippen LogP contribution in [-0.4, -0.2) is 29.6 Å². The number of nitrogen functional groups attached to an aromatic ring is 1. The number of nitriles is 1. The monoisotopic (exact) mass is 289 g/mol. The maximum atomic E-state index is 11.6. The fourth-order valence-corrected chi connectivity index (χ4v) is 2.16. The van der Waals surface area contributed by atoms with Crippen LogP contribution in [0, 0.1) is 18.3 Å². The van der Waals surface area contributed by atoms with Crippen molar-refractivity contribution in [1.82, 2.24) is 15.0 Å². The SMILES string of the molecule is Cc1cc(-c2nc(S(C)(=O)=O)nc(N)c2C#N)ccn1. The molecule has 0 radical (unpaired) electrons. The molecule has 0 amide bonds. The second-order valence-electron chi connectivity index (χ2n) is 4.18. The molecule has 20 heavy (non-hydrogen) atoms. The molecule has 0 aliphatic heterocycles. The molecule has 0 aromatic carbocycles. The van der Waals surface area contributed by atoms with Crippen molar-refractivity contribution in [3.63, 3.8) is 0 Å². The Hall–Kier alpha value is -2.53. The molecule has 0 aliphatic rings. The molecule has 2 N–H and O–H groups in total.